The number of hydrogen-bond acceptors (Lipinski definition) is 7. The Morgan fingerprint density at radius 3 is 2.44 bits per heavy atom. The second-order valence-electron chi connectivity index (χ2n) is 6.54. The number of aromatic nitrogens is 3. The molecule has 4 aromatic rings. The van der Waals surface area contributed by atoms with Gasteiger partial charge in [0.15, 0.2) is 5.75 Å². The maximum absolute atomic E-state index is 13.8. The number of halogens is 3. The van der Waals surface area contributed by atoms with E-state index >= 15 is 0 Å². The fourth-order valence-corrected chi connectivity index (χ4v) is 6.13. The van der Waals surface area contributed by atoms with E-state index in [4.69, 9.17) is 27.9 Å². The molecule has 4 rings (SSSR count). The van der Waals surface area contributed by atoms with Gasteiger partial charge in [-0.3, -0.25) is 0 Å². The first kappa shape index (κ1) is 22.5. The number of aromatic hydroxyl groups is 1. The molecule has 2 aromatic carbocycles. The monoisotopic (exact) mass is 555 g/mol. The van der Waals surface area contributed by atoms with E-state index < -0.39 is 26.6 Å². The zero-order chi connectivity index (χ0) is 23.2. The molecule has 0 bridgehead atoms. The van der Waals surface area contributed by atoms with Gasteiger partial charge in [0.05, 0.1) is 33.9 Å². The molecule has 32 heavy (non-hydrogen) atoms. The molecule has 0 saturated heterocycles. The van der Waals surface area contributed by atoms with Gasteiger partial charge >= 0.3 is 5.97 Å². The van der Waals surface area contributed by atoms with Crippen molar-refractivity contribution in [2.24, 2.45) is 0 Å². The van der Waals surface area contributed by atoms with Crippen LogP contribution < -0.4 is 0 Å². The van der Waals surface area contributed by atoms with Crippen LogP contribution in [0, 0.1) is 0 Å². The van der Waals surface area contributed by atoms with Gasteiger partial charge in [0.2, 0.25) is 0 Å². The van der Waals surface area contributed by atoms with Gasteiger partial charge in [0, 0.05) is 27.8 Å². The number of phenols is 1. The molecule has 2 heterocycles. The van der Waals surface area contributed by atoms with Gasteiger partial charge in [-0.1, -0.05) is 39.1 Å². The Hall–Kier alpha value is -2.66. The van der Waals surface area contributed by atoms with Crippen molar-refractivity contribution in [2.75, 3.05) is 7.11 Å². The summed E-state index contributed by atoms with van der Waals surface area (Å²) < 4.78 is 33.7. The van der Waals surface area contributed by atoms with Crippen LogP contribution in [0.5, 0.6) is 5.75 Å². The molecule has 164 valence electrons. The van der Waals surface area contributed by atoms with E-state index in [2.05, 4.69) is 25.9 Å². The van der Waals surface area contributed by atoms with Crippen LogP contribution in [0.25, 0.3) is 22.2 Å². The van der Waals surface area contributed by atoms with Gasteiger partial charge in [0.25, 0.3) is 10.0 Å². The Bertz CT molecular complexity index is 1490. The predicted molar refractivity (Wildman–Crippen MR) is 123 cm³/mol. The number of phenolic OH excluding ortho intramolecular Hbond substituents is 1. The minimum atomic E-state index is -4.44. The molecule has 2 aromatic heterocycles. The molecule has 0 aliphatic heterocycles. The van der Waals surface area contributed by atoms with E-state index in [1.165, 1.54) is 50.1 Å². The van der Waals surface area contributed by atoms with Crippen LogP contribution >= 0.6 is 39.1 Å². The second kappa shape index (κ2) is 8.36. The van der Waals surface area contributed by atoms with Gasteiger partial charge < -0.3 is 9.84 Å². The van der Waals surface area contributed by atoms with Crippen LogP contribution in [-0.2, 0) is 14.8 Å². The van der Waals surface area contributed by atoms with Gasteiger partial charge in [-0.15, -0.1) is 0 Å². The van der Waals surface area contributed by atoms with Crippen molar-refractivity contribution < 1.29 is 23.1 Å². The number of methoxy groups -OCH3 is 1. The lowest BCUT2D eigenvalue weighted by Crippen LogP contribution is -2.15. The van der Waals surface area contributed by atoms with E-state index in [1.54, 1.807) is 6.07 Å². The largest absolute Gasteiger partial charge is 0.505 e. The van der Waals surface area contributed by atoms with Crippen molar-refractivity contribution in [3.05, 3.63) is 69.1 Å². The second-order valence-corrected chi connectivity index (χ2v) is 10.0. The van der Waals surface area contributed by atoms with Gasteiger partial charge in [-0.2, -0.15) is 0 Å². The summed E-state index contributed by atoms with van der Waals surface area (Å²) in [6, 6.07) is 6.92. The molecule has 0 aliphatic carbocycles. The molecular weight excluding hydrogens is 545 g/mol. The van der Waals surface area contributed by atoms with Crippen LogP contribution in [0.1, 0.15) is 10.4 Å². The molecule has 0 spiro atoms. The molecule has 0 saturated carbocycles. The van der Waals surface area contributed by atoms with Gasteiger partial charge in [-0.05, 0) is 30.3 Å². The molecular formula is C20H12BrCl2N3O5S. The van der Waals surface area contributed by atoms with Crippen LogP contribution in [0.15, 0.2) is 58.4 Å². The van der Waals surface area contributed by atoms with Crippen molar-refractivity contribution in [3.8, 4) is 17.0 Å². The summed E-state index contributed by atoms with van der Waals surface area (Å²) >= 11 is 15.4. The van der Waals surface area contributed by atoms with Crippen molar-refractivity contribution in [2.45, 2.75) is 4.90 Å². The summed E-state index contributed by atoms with van der Waals surface area (Å²) in [6.07, 6.45) is 4.17. The number of carbonyl (C=O) groups excluding carboxylic acids is 1. The highest BCUT2D eigenvalue weighted by Crippen LogP contribution is 2.39. The fourth-order valence-electron chi connectivity index (χ4n) is 3.20. The molecule has 0 unspecified atom stereocenters. The quantitative estimate of drug-likeness (QED) is 0.356. The summed E-state index contributed by atoms with van der Waals surface area (Å²) in [5.41, 5.74) is 0.672. The minimum Gasteiger partial charge on any atom is -0.505 e. The molecule has 0 amide bonds. The third-order valence-electron chi connectivity index (χ3n) is 4.62. The van der Waals surface area contributed by atoms with Crippen molar-refractivity contribution in [3.63, 3.8) is 0 Å². The Morgan fingerprint density at radius 1 is 1.09 bits per heavy atom. The summed E-state index contributed by atoms with van der Waals surface area (Å²) in [5.74, 6) is -1.35. The topological polar surface area (TPSA) is 111 Å². The lowest BCUT2D eigenvalue weighted by Gasteiger charge is -2.14. The predicted octanol–water partition coefficient (Wildman–Crippen LogP) is 4.90. The number of rotatable bonds is 4. The van der Waals surface area contributed by atoms with E-state index in [0.29, 0.717) is 15.4 Å². The number of nitrogens with zero attached hydrogens (tertiary/aromatic N) is 3. The zero-order valence-corrected chi connectivity index (χ0v) is 20.0. The summed E-state index contributed by atoms with van der Waals surface area (Å²) in [5, 5.41) is 10.8. The number of ether oxygens (including phenoxy) is 1. The Balaban J connectivity index is 2.14. The van der Waals surface area contributed by atoms with Crippen molar-refractivity contribution >= 4 is 66.0 Å². The third-order valence-corrected chi connectivity index (χ3v) is 7.42. The summed E-state index contributed by atoms with van der Waals surface area (Å²) in [6.45, 7) is 0. The molecule has 0 atom stereocenters. The van der Waals surface area contributed by atoms with Crippen molar-refractivity contribution in [1.29, 1.82) is 0 Å². The fraction of sp³-hybridized carbons (Fsp3) is 0.0500. The first-order valence-corrected chi connectivity index (χ1v) is 11.8. The van der Waals surface area contributed by atoms with E-state index in [-0.39, 0.29) is 26.8 Å². The Kier molecular flexibility index (Phi) is 5.89. The number of carbonyl (C=O) groups is 1. The zero-order valence-electron chi connectivity index (χ0n) is 16.1. The highest BCUT2D eigenvalue weighted by atomic mass is 79.9. The van der Waals surface area contributed by atoms with Crippen molar-refractivity contribution in [1.82, 2.24) is 13.9 Å². The Morgan fingerprint density at radius 2 is 1.78 bits per heavy atom. The average Bonchev–Trinajstić information content (AvgIpc) is 3.14. The van der Waals surface area contributed by atoms with Crippen LogP contribution in [0.3, 0.4) is 0 Å². The molecule has 0 radical (unpaired) electrons. The minimum absolute atomic E-state index is 0.0245. The maximum atomic E-state index is 13.8. The number of benzene rings is 2. The lowest BCUT2D eigenvalue weighted by molar-refractivity contribution is 0.0601. The van der Waals surface area contributed by atoms with E-state index in [9.17, 15) is 18.3 Å². The number of fused-ring (bicyclic) bond motifs is 1. The first-order chi connectivity index (χ1) is 15.1. The molecule has 12 heteroatoms. The highest BCUT2D eigenvalue weighted by molar-refractivity contribution is 9.10. The molecule has 0 fully saturated rings. The number of esters is 1. The summed E-state index contributed by atoms with van der Waals surface area (Å²) in [7, 11) is -3.25. The molecule has 0 aliphatic rings. The number of hydrogen-bond donors (Lipinski definition) is 1. The van der Waals surface area contributed by atoms with Crippen LogP contribution in [0.2, 0.25) is 10.0 Å². The molecule has 8 nitrogen and oxygen atoms in total. The highest BCUT2D eigenvalue weighted by Gasteiger charge is 2.29. The molecule has 1 N–H and O–H groups in total. The average molecular weight is 557 g/mol. The lowest BCUT2D eigenvalue weighted by atomic mass is 10.1. The maximum Gasteiger partial charge on any atom is 0.339 e. The third kappa shape index (κ3) is 3.73. The van der Waals surface area contributed by atoms with Gasteiger partial charge in [0.1, 0.15) is 11.2 Å². The first-order valence-electron chi connectivity index (χ1n) is 8.77. The van der Waals surface area contributed by atoms with Crippen LogP contribution in [0.4, 0.5) is 0 Å². The SMILES string of the molecule is COC(=O)c1cc2c(cc1Cl)cc(-c1cncnc1)n2S(=O)(=O)c1cc(Br)cc(Cl)c1O. The van der Waals surface area contributed by atoms with E-state index in [1.807, 2.05) is 0 Å². The summed E-state index contributed by atoms with van der Waals surface area (Å²) in [4.78, 5) is 19.6. The standard InChI is InChI=1S/C20H12BrCl2N3O5S/c1-31-20(28)13-6-17-10(2-14(13)22)3-16(11-7-24-9-25-8-11)26(17)32(29,30)18-5-12(21)4-15(23)19(18)27/h2-9,27H,1H3. The van der Waals surface area contributed by atoms with Gasteiger partial charge in [-0.25, -0.2) is 27.2 Å². The van der Waals surface area contributed by atoms with E-state index in [0.717, 1.165) is 3.97 Å². The smallest absolute Gasteiger partial charge is 0.339 e. The Labute approximate surface area is 200 Å². The normalized spacial score (nSPS) is 11.6. The van der Waals surface area contributed by atoms with Crippen LogP contribution in [-0.4, -0.2) is 40.5 Å².